The summed E-state index contributed by atoms with van der Waals surface area (Å²) in [6, 6.07) is 23.4. The van der Waals surface area contributed by atoms with Gasteiger partial charge in [0.1, 0.15) is 6.34 Å². The second-order valence-corrected chi connectivity index (χ2v) is 9.74. The lowest BCUT2D eigenvalue weighted by Gasteiger charge is -2.24. The summed E-state index contributed by atoms with van der Waals surface area (Å²) < 4.78 is 28.9. The Balaban J connectivity index is 1.60. The van der Waals surface area contributed by atoms with Crippen LogP contribution in [-0.4, -0.2) is 44.2 Å². The summed E-state index contributed by atoms with van der Waals surface area (Å²) in [6.07, 6.45) is 1.25. The molecule has 0 radical (unpaired) electrons. The van der Waals surface area contributed by atoms with Crippen molar-refractivity contribution >= 4 is 45.3 Å². The molecular formula is C23H20Cl2N4O2S. The number of hydrazone groups is 1. The number of benzene rings is 3. The van der Waals surface area contributed by atoms with Crippen LogP contribution >= 0.6 is 23.2 Å². The molecule has 0 spiro atoms. The number of hydrogen-bond donors (Lipinski definition) is 0. The Morgan fingerprint density at radius 1 is 0.969 bits per heavy atom. The van der Waals surface area contributed by atoms with Gasteiger partial charge in [-0.15, -0.1) is 4.40 Å². The normalized spacial score (nSPS) is 16.4. The van der Waals surface area contributed by atoms with Crippen LogP contribution in [0.25, 0.3) is 0 Å². The molecule has 0 aliphatic carbocycles. The topological polar surface area (TPSA) is 65.3 Å². The molecule has 0 saturated carbocycles. The molecule has 1 aliphatic rings. The van der Waals surface area contributed by atoms with Crippen LogP contribution < -0.4 is 0 Å². The molecule has 0 amide bonds. The number of hydrogen-bond acceptors (Lipinski definition) is 4. The summed E-state index contributed by atoms with van der Waals surface area (Å²) in [5.74, 6) is 0.00102. The van der Waals surface area contributed by atoms with Crippen molar-refractivity contribution in [2.75, 3.05) is 13.6 Å². The van der Waals surface area contributed by atoms with Crippen LogP contribution in [0.2, 0.25) is 10.0 Å². The van der Waals surface area contributed by atoms with E-state index in [0.29, 0.717) is 16.6 Å². The summed E-state index contributed by atoms with van der Waals surface area (Å²) in [6.45, 7) is 0.533. The lowest BCUT2D eigenvalue weighted by Crippen LogP contribution is -2.34. The minimum absolute atomic E-state index is 0.00102. The highest BCUT2D eigenvalue weighted by atomic mass is 35.5. The second kappa shape index (κ2) is 9.32. The van der Waals surface area contributed by atoms with Crippen LogP contribution in [0.15, 0.2) is 93.3 Å². The lowest BCUT2D eigenvalue weighted by atomic mass is 9.91. The summed E-state index contributed by atoms with van der Waals surface area (Å²) in [7, 11) is -2.15. The predicted molar refractivity (Wildman–Crippen MR) is 129 cm³/mol. The molecule has 164 valence electrons. The van der Waals surface area contributed by atoms with Gasteiger partial charge in [0, 0.05) is 17.1 Å². The lowest BCUT2D eigenvalue weighted by molar-refractivity contribution is 0.0920. The second-order valence-electron chi connectivity index (χ2n) is 7.23. The maximum Gasteiger partial charge on any atom is 0.283 e. The highest BCUT2D eigenvalue weighted by Gasteiger charge is 2.30. The van der Waals surface area contributed by atoms with Gasteiger partial charge < -0.3 is 0 Å². The van der Waals surface area contributed by atoms with Gasteiger partial charge in [0.2, 0.25) is 0 Å². The van der Waals surface area contributed by atoms with Gasteiger partial charge in [-0.25, -0.2) is 5.12 Å². The van der Waals surface area contributed by atoms with Crippen LogP contribution in [0, 0.1) is 0 Å². The van der Waals surface area contributed by atoms with Crippen LogP contribution in [0.5, 0.6) is 0 Å². The van der Waals surface area contributed by atoms with Gasteiger partial charge in [0.05, 0.1) is 23.1 Å². The molecule has 1 aliphatic heterocycles. The molecule has 0 fully saturated rings. The van der Waals surface area contributed by atoms with Crippen LogP contribution in [0.1, 0.15) is 17.0 Å². The number of halogens is 2. The van der Waals surface area contributed by atoms with Gasteiger partial charge in [-0.3, -0.25) is 5.01 Å². The van der Waals surface area contributed by atoms with Crippen molar-refractivity contribution in [1.82, 2.24) is 10.1 Å². The molecular weight excluding hydrogens is 467 g/mol. The zero-order valence-electron chi connectivity index (χ0n) is 17.1. The van der Waals surface area contributed by atoms with Crippen molar-refractivity contribution in [3.8, 4) is 0 Å². The molecule has 1 unspecified atom stereocenters. The zero-order valence-corrected chi connectivity index (χ0v) is 19.5. The van der Waals surface area contributed by atoms with E-state index < -0.39 is 10.0 Å². The van der Waals surface area contributed by atoms with Gasteiger partial charge in [0.15, 0.2) is 0 Å². The van der Waals surface area contributed by atoms with E-state index in [1.807, 2.05) is 42.5 Å². The quantitative estimate of drug-likeness (QED) is 0.360. The number of nitrogens with zero attached hydrogens (tertiary/aromatic N) is 4. The van der Waals surface area contributed by atoms with E-state index >= 15 is 0 Å². The monoisotopic (exact) mass is 486 g/mol. The molecule has 3 aromatic carbocycles. The molecule has 9 heteroatoms. The van der Waals surface area contributed by atoms with Gasteiger partial charge in [-0.05, 0) is 47.5 Å². The van der Waals surface area contributed by atoms with Crippen LogP contribution in [-0.2, 0) is 10.0 Å². The average Bonchev–Trinajstić information content (AvgIpc) is 3.24. The van der Waals surface area contributed by atoms with Crippen molar-refractivity contribution in [3.05, 3.63) is 100 Å². The van der Waals surface area contributed by atoms with E-state index in [2.05, 4.69) is 16.5 Å². The predicted octanol–water partition coefficient (Wildman–Crippen LogP) is 5.06. The van der Waals surface area contributed by atoms with E-state index in [1.165, 1.54) is 30.6 Å². The summed E-state index contributed by atoms with van der Waals surface area (Å²) >= 11 is 11.9. The molecule has 32 heavy (non-hydrogen) atoms. The summed E-state index contributed by atoms with van der Waals surface area (Å²) in [4.78, 5) is 0.0699. The Bertz CT molecular complexity index is 1250. The van der Waals surface area contributed by atoms with Crippen molar-refractivity contribution in [2.45, 2.75) is 10.8 Å². The van der Waals surface area contributed by atoms with Crippen molar-refractivity contribution in [3.63, 3.8) is 0 Å². The SMILES string of the molecule is CN(/C=N/S(=O)(=O)c1ccc(Cl)cc1)N1CC(c2ccccc2)C(c2ccc(Cl)cc2)=N1. The van der Waals surface area contributed by atoms with Crippen LogP contribution in [0.3, 0.4) is 0 Å². The molecule has 1 heterocycles. The average molecular weight is 487 g/mol. The van der Waals surface area contributed by atoms with Crippen LogP contribution in [0.4, 0.5) is 0 Å². The van der Waals surface area contributed by atoms with Gasteiger partial charge >= 0.3 is 0 Å². The number of hydrazine groups is 1. The fourth-order valence-corrected chi connectivity index (χ4v) is 4.48. The molecule has 0 N–H and O–H groups in total. The van der Waals surface area contributed by atoms with E-state index in [9.17, 15) is 8.42 Å². The smallest absolute Gasteiger partial charge is 0.261 e. The first-order valence-electron chi connectivity index (χ1n) is 9.79. The Hall–Kier alpha value is -2.87. The first kappa shape index (κ1) is 22.3. The van der Waals surface area contributed by atoms with Crippen molar-refractivity contribution < 1.29 is 8.42 Å². The maximum atomic E-state index is 12.5. The molecule has 4 rings (SSSR count). The standard InChI is InChI=1S/C23H20Cl2N4O2S/c1-28(16-26-32(30,31)21-13-11-20(25)12-14-21)29-15-22(17-5-3-2-4-6-17)23(27-29)18-7-9-19(24)10-8-18/h2-14,16,22H,15H2,1H3/b26-16+. The van der Waals surface area contributed by atoms with Gasteiger partial charge in [-0.1, -0.05) is 65.7 Å². The number of rotatable bonds is 6. The Kier molecular flexibility index (Phi) is 6.50. The highest BCUT2D eigenvalue weighted by molar-refractivity contribution is 7.90. The van der Waals surface area contributed by atoms with Crippen molar-refractivity contribution in [2.24, 2.45) is 9.50 Å². The number of sulfonamides is 1. The molecule has 0 bridgehead atoms. The zero-order chi connectivity index (χ0) is 22.7. The largest absolute Gasteiger partial charge is 0.283 e. The summed E-state index contributed by atoms with van der Waals surface area (Å²) in [5.41, 5.74) is 2.93. The van der Waals surface area contributed by atoms with E-state index in [1.54, 1.807) is 17.2 Å². The van der Waals surface area contributed by atoms with E-state index in [0.717, 1.165) is 16.8 Å². The fourth-order valence-electron chi connectivity index (χ4n) is 3.37. The minimum atomic E-state index is -3.86. The first-order valence-corrected chi connectivity index (χ1v) is 12.0. The Morgan fingerprint density at radius 3 is 2.19 bits per heavy atom. The van der Waals surface area contributed by atoms with E-state index in [4.69, 9.17) is 28.3 Å². The van der Waals surface area contributed by atoms with Gasteiger partial charge in [-0.2, -0.15) is 13.5 Å². The third-order valence-corrected chi connectivity index (χ3v) is 6.81. The molecule has 0 aromatic heterocycles. The van der Waals surface area contributed by atoms with Gasteiger partial charge in [0.25, 0.3) is 10.0 Å². The molecule has 1 atom stereocenters. The molecule has 0 saturated heterocycles. The molecule has 3 aromatic rings. The minimum Gasteiger partial charge on any atom is -0.261 e. The Morgan fingerprint density at radius 2 is 1.56 bits per heavy atom. The maximum absolute atomic E-state index is 12.5. The fraction of sp³-hybridized carbons (Fsp3) is 0.130. The Labute approximate surface area is 197 Å². The third-order valence-electron chi connectivity index (χ3n) is 5.07. The van der Waals surface area contributed by atoms with Crippen molar-refractivity contribution in [1.29, 1.82) is 0 Å². The first-order chi connectivity index (χ1) is 15.3. The highest BCUT2D eigenvalue weighted by Crippen LogP contribution is 2.29. The third kappa shape index (κ3) is 4.96. The molecule has 6 nitrogen and oxygen atoms in total. The summed E-state index contributed by atoms with van der Waals surface area (Å²) in [5, 5.41) is 9.13. The van der Waals surface area contributed by atoms with E-state index in [-0.39, 0.29) is 10.8 Å².